The number of amides is 1. The lowest BCUT2D eigenvalue weighted by Crippen LogP contribution is -2.27. The molecule has 0 bridgehead atoms. The average Bonchev–Trinajstić information content (AvgIpc) is 3.21. The van der Waals surface area contributed by atoms with Gasteiger partial charge in [0.05, 0.1) is 23.3 Å². The normalized spacial score (nSPS) is 15.6. The molecule has 0 atom stereocenters. The lowest BCUT2D eigenvalue weighted by atomic mass is 10.2. The number of hydrogen-bond acceptors (Lipinski definition) is 4. The zero-order chi connectivity index (χ0) is 23.9. The Kier molecular flexibility index (Phi) is 6.11. The van der Waals surface area contributed by atoms with Crippen molar-refractivity contribution in [2.75, 3.05) is 12.0 Å². The Morgan fingerprint density at radius 1 is 1.03 bits per heavy atom. The molecule has 0 radical (unpaired) electrons. The summed E-state index contributed by atoms with van der Waals surface area (Å²) < 4.78 is 46.8. The van der Waals surface area contributed by atoms with Crippen molar-refractivity contribution in [1.82, 2.24) is 4.57 Å². The van der Waals surface area contributed by atoms with Crippen molar-refractivity contribution >= 4 is 46.0 Å². The minimum Gasteiger partial charge on any atom is -0.497 e. The first kappa shape index (κ1) is 23.1. The average molecular weight is 489 g/mol. The summed E-state index contributed by atoms with van der Waals surface area (Å²) in [4.78, 5) is 15.0. The Labute approximate surface area is 198 Å². The zero-order valence-electron chi connectivity index (χ0n) is 17.9. The number of thiocarbonyl (C=S) groups is 1. The number of methoxy groups -OCH3 is 1. The summed E-state index contributed by atoms with van der Waals surface area (Å²) in [5.41, 5.74) is 2.54. The lowest BCUT2D eigenvalue weighted by Gasteiger charge is -2.14. The highest BCUT2D eigenvalue weighted by Gasteiger charge is 2.34. The minimum atomic E-state index is -4.43. The maximum atomic E-state index is 13.2. The number of aromatic nitrogens is 1. The molecule has 1 aromatic heterocycles. The van der Waals surface area contributed by atoms with Gasteiger partial charge in [0.25, 0.3) is 5.91 Å². The number of alkyl halides is 3. The highest BCUT2D eigenvalue weighted by Crippen LogP contribution is 2.38. The third-order valence-corrected chi connectivity index (χ3v) is 6.62. The van der Waals surface area contributed by atoms with Crippen LogP contribution in [0.1, 0.15) is 22.5 Å². The Morgan fingerprint density at radius 3 is 2.36 bits per heavy atom. The van der Waals surface area contributed by atoms with E-state index in [2.05, 4.69) is 0 Å². The summed E-state index contributed by atoms with van der Waals surface area (Å²) >= 11 is 6.61. The molecule has 1 aliphatic heterocycles. The van der Waals surface area contributed by atoms with Gasteiger partial charge in [-0.15, -0.1) is 0 Å². The van der Waals surface area contributed by atoms with E-state index in [1.54, 1.807) is 48.1 Å². The lowest BCUT2D eigenvalue weighted by molar-refractivity contribution is -0.137. The molecule has 0 spiro atoms. The first-order valence-corrected chi connectivity index (χ1v) is 11.1. The molecular formula is C24H19F3N2O2S2. The summed E-state index contributed by atoms with van der Waals surface area (Å²) in [6.07, 6.45) is -2.70. The fraction of sp³-hybridized carbons (Fsp3) is 0.167. The van der Waals surface area contributed by atoms with Crippen LogP contribution in [0.25, 0.3) is 11.8 Å². The van der Waals surface area contributed by atoms with Crippen molar-refractivity contribution in [1.29, 1.82) is 0 Å². The predicted octanol–water partition coefficient (Wildman–Crippen LogP) is 6.53. The second-order valence-corrected chi connectivity index (χ2v) is 9.10. The first-order valence-electron chi connectivity index (χ1n) is 9.88. The van der Waals surface area contributed by atoms with E-state index in [9.17, 15) is 18.0 Å². The summed E-state index contributed by atoms with van der Waals surface area (Å²) in [6.45, 7) is 3.62. The molecule has 3 aromatic rings. The highest BCUT2D eigenvalue weighted by atomic mass is 32.2. The van der Waals surface area contributed by atoms with Crippen LogP contribution < -0.4 is 9.64 Å². The van der Waals surface area contributed by atoms with Gasteiger partial charge >= 0.3 is 6.18 Å². The largest absolute Gasteiger partial charge is 0.497 e. The topological polar surface area (TPSA) is 34.5 Å². The number of nitrogens with zero attached hydrogens (tertiary/aromatic N) is 2. The Morgan fingerprint density at radius 2 is 1.73 bits per heavy atom. The number of carbonyl (C=O) groups is 1. The molecule has 170 valence electrons. The molecule has 4 rings (SSSR count). The van der Waals surface area contributed by atoms with E-state index in [4.69, 9.17) is 17.0 Å². The monoisotopic (exact) mass is 488 g/mol. The third-order valence-electron chi connectivity index (χ3n) is 5.31. The van der Waals surface area contributed by atoms with Crippen LogP contribution in [0.4, 0.5) is 18.9 Å². The van der Waals surface area contributed by atoms with Crippen LogP contribution in [-0.2, 0) is 11.0 Å². The number of rotatable bonds is 4. The predicted molar refractivity (Wildman–Crippen MR) is 129 cm³/mol. The van der Waals surface area contributed by atoms with Gasteiger partial charge in [0.15, 0.2) is 4.32 Å². The van der Waals surface area contributed by atoms with Crippen LogP contribution in [-0.4, -0.2) is 21.9 Å². The van der Waals surface area contributed by atoms with Gasteiger partial charge in [0, 0.05) is 17.1 Å². The smallest absolute Gasteiger partial charge is 0.416 e. The maximum Gasteiger partial charge on any atom is 0.416 e. The van der Waals surface area contributed by atoms with Crippen LogP contribution in [0.2, 0.25) is 0 Å². The zero-order valence-corrected chi connectivity index (χ0v) is 19.6. The molecule has 2 aromatic carbocycles. The molecule has 9 heteroatoms. The van der Waals surface area contributed by atoms with Crippen molar-refractivity contribution in [2.45, 2.75) is 20.0 Å². The van der Waals surface area contributed by atoms with Gasteiger partial charge in [-0.05, 0) is 74.0 Å². The maximum absolute atomic E-state index is 13.2. The van der Waals surface area contributed by atoms with Crippen LogP contribution in [0.3, 0.4) is 0 Å². The number of carbonyl (C=O) groups excluding carboxylic acids is 1. The number of thioether (sulfide) groups is 1. The fourth-order valence-electron chi connectivity index (χ4n) is 3.72. The first-order chi connectivity index (χ1) is 15.6. The number of halogens is 3. The number of hydrogen-bond donors (Lipinski definition) is 0. The van der Waals surface area contributed by atoms with E-state index >= 15 is 0 Å². The van der Waals surface area contributed by atoms with E-state index in [1.807, 2.05) is 19.9 Å². The van der Waals surface area contributed by atoms with Gasteiger partial charge in [-0.2, -0.15) is 13.2 Å². The molecule has 0 saturated carbocycles. The minimum absolute atomic E-state index is 0.251. The molecule has 4 nitrogen and oxygen atoms in total. The molecule has 33 heavy (non-hydrogen) atoms. The van der Waals surface area contributed by atoms with Crippen molar-refractivity contribution in [3.8, 4) is 11.4 Å². The van der Waals surface area contributed by atoms with Crippen molar-refractivity contribution in [2.24, 2.45) is 0 Å². The molecule has 0 unspecified atom stereocenters. The molecule has 1 saturated heterocycles. The van der Waals surface area contributed by atoms with Gasteiger partial charge in [0.1, 0.15) is 5.75 Å². The molecule has 1 amide bonds. The number of ether oxygens (including phenoxy) is 1. The van der Waals surface area contributed by atoms with E-state index in [-0.39, 0.29) is 5.91 Å². The number of aryl methyl sites for hydroxylation is 1. The molecule has 0 aliphatic carbocycles. The van der Waals surface area contributed by atoms with Gasteiger partial charge in [-0.3, -0.25) is 9.69 Å². The highest BCUT2D eigenvalue weighted by molar-refractivity contribution is 8.27. The number of anilines is 1. The quantitative estimate of drug-likeness (QED) is 0.309. The fourth-order valence-corrected chi connectivity index (χ4v) is 5.01. The summed E-state index contributed by atoms with van der Waals surface area (Å²) in [5, 5.41) is 0. The van der Waals surface area contributed by atoms with E-state index in [0.717, 1.165) is 29.1 Å². The van der Waals surface area contributed by atoms with E-state index in [0.29, 0.717) is 26.3 Å². The molecule has 1 aliphatic rings. The second-order valence-electron chi connectivity index (χ2n) is 7.43. The second kappa shape index (κ2) is 8.72. The van der Waals surface area contributed by atoms with Gasteiger partial charge < -0.3 is 9.30 Å². The summed E-state index contributed by atoms with van der Waals surface area (Å²) in [6, 6.07) is 14.0. The van der Waals surface area contributed by atoms with Crippen LogP contribution >= 0.6 is 24.0 Å². The SMILES string of the molecule is COc1ccc(N2C(=O)/C(=C\c3cc(C)n(-c4cccc(C(F)(F)F)c4)c3C)SC2=S)cc1. The van der Waals surface area contributed by atoms with E-state index in [1.165, 1.54) is 22.7 Å². The van der Waals surface area contributed by atoms with Gasteiger partial charge in [0.2, 0.25) is 0 Å². The van der Waals surface area contributed by atoms with Crippen molar-refractivity contribution in [3.63, 3.8) is 0 Å². The summed E-state index contributed by atoms with van der Waals surface area (Å²) in [5.74, 6) is 0.417. The van der Waals surface area contributed by atoms with Crippen molar-refractivity contribution in [3.05, 3.63) is 82.0 Å². The van der Waals surface area contributed by atoms with Gasteiger partial charge in [-0.25, -0.2) is 0 Å². The van der Waals surface area contributed by atoms with Crippen LogP contribution in [0.15, 0.2) is 59.5 Å². The Bertz CT molecular complexity index is 1280. The van der Waals surface area contributed by atoms with E-state index < -0.39 is 11.7 Å². The summed E-state index contributed by atoms with van der Waals surface area (Å²) in [7, 11) is 1.56. The van der Waals surface area contributed by atoms with Crippen LogP contribution in [0, 0.1) is 13.8 Å². The Balaban J connectivity index is 1.68. The standard InChI is InChI=1S/C24H19F3N2O2S2/c1-14-11-16(15(2)28(14)19-6-4-5-17(13-19)24(25,26)27)12-21-22(30)29(23(32)33-21)18-7-9-20(31-3)10-8-18/h4-13H,1-3H3/b21-12+. The Hall–Kier alpha value is -3.04. The van der Waals surface area contributed by atoms with Crippen molar-refractivity contribution < 1.29 is 22.7 Å². The van der Waals surface area contributed by atoms with Crippen LogP contribution in [0.5, 0.6) is 5.75 Å². The number of benzene rings is 2. The van der Waals surface area contributed by atoms with Gasteiger partial charge in [-0.1, -0.05) is 30.0 Å². The third kappa shape index (κ3) is 4.43. The molecular weight excluding hydrogens is 469 g/mol. The molecule has 1 fully saturated rings. The molecule has 2 heterocycles. The molecule has 0 N–H and O–H groups in total.